The Morgan fingerprint density at radius 1 is 1.40 bits per heavy atom. The van der Waals surface area contributed by atoms with Crippen LogP contribution in [0.4, 0.5) is 5.13 Å². The molecule has 0 amide bonds. The number of nitrogens with zero attached hydrogens (tertiary/aromatic N) is 2. The molecule has 4 heteroatoms. The molecule has 1 aromatic rings. The predicted molar refractivity (Wildman–Crippen MR) is 65.5 cm³/mol. The van der Waals surface area contributed by atoms with Gasteiger partial charge in [0.1, 0.15) is 0 Å². The molecule has 0 saturated carbocycles. The Morgan fingerprint density at radius 3 is 2.80 bits per heavy atom. The van der Waals surface area contributed by atoms with Crippen LogP contribution < -0.4 is 5.32 Å². The van der Waals surface area contributed by atoms with Crippen LogP contribution in [0.5, 0.6) is 0 Å². The monoisotopic (exact) mass is 225 g/mol. The summed E-state index contributed by atoms with van der Waals surface area (Å²) in [6.07, 6.45) is 1.09. The molecule has 1 N–H and O–H groups in total. The highest BCUT2D eigenvalue weighted by Gasteiger charge is 2.20. The van der Waals surface area contributed by atoms with Gasteiger partial charge in [0.15, 0.2) is 5.13 Å². The smallest absolute Gasteiger partial charge is 0.183 e. The lowest BCUT2D eigenvalue weighted by Gasteiger charge is -2.20. The molecule has 1 aliphatic rings. The highest BCUT2D eigenvalue weighted by molar-refractivity contribution is 7.15. The van der Waals surface area contributed by atoms with Crippen molar-refractivity contribution in [3.05, 3.63) is 10.6 Å². The summed E-state index contributed by atoms with van der Waals surface area (Å²) < 4.78 is 0. The number of hydrogen-bond acceptors (Lipinski definition) is 4. The molecule has 0 spiro atoms. The Balaban J connectivity index is 2.16. The summed E-state index contributed by atoms with van der Waals surface area (Å²) in [5, 5.41) is 4.51. The molecular weight excluding hydrogens is 206 g/mol. The molecule has 0 aromatic carbocycles. The van der Waals surface area contributed by atoms with Gasteiger partial charge in [-0.05, 0) is 27.8 Å². The minimum atomic E-state index is 0.104. The van der Waals surface area contributed by atoms with Crippen molar-refractivity contribution in [2.24, 2.45) is 0 Å². The first-order valence-corrected chi connectivity index (χ1v) is 6.21. The quantitative estimate of drug-likeness (QED) is 0.795. The summed E-state index contributed by atoms with van der Waals surface area (Å²) in [5.41, 5.74) is 1.40. The number of likely N-dealkylation sites (N-methyl/N-ethyl adjacent to an activating group) is 1. The van der Waals surface area contributed by atoms with Crippen LogP contribution >= 0.6 is 11.3 Å². The second-order valence-corrected chi connectivity index (χ2v) is 6.34. The van der Waals surface area contributed by atoms with Gasteiger partial charge in [-0.1, -0.05) is 0 Å². The zero-order valence-electron chi connectivity index (χ0n) is 9.92. The minimum absolute atomic E-state index is 0.104. The van der Waals surface area contributed by atoms with Crippen molar-refractivity contribution in [3.8, 4) is 0 Å². The van der Waals surface area contributed by atoms with Gasteiger partial charge in [0.05, 0.1) is 5.69 Å². The van der Waals surface area contributed by atoms with Crippen LogP contribution in [0.15, 0.2) is 0 Å². The molecule has 1 aromatic heterocycles. The number of nitrogens with one attached hydrogen (secondary N) is 1. The fourth-order valence-corrected chi connectivity index (χ4v) is 2.99. The van der Waals surface area contributed by atoms with Gasteiger partial charge in [0.2, 0.25) is 0 Å². The number of rotatable bonds is 1. The molecule has 84 valence electrons. The average Bonchev–Trinajstić information content (AvgIpc) is 2.42. The molecule has 2 rings (SSSR count). The van der Waals surface area contributed by atoms with E-state index in [1.54, 1.807) is 11.3 Å². The van der Waals surface area contributed by atoms with Crippen molar-refractivity contribution in [1.29, 1.82) is 0 Å². The second kappa shape index (κ2) is 3.76. The molecule has 15 heavy (non-hydrogen) atoms. The van der Waals surface area contributed by atoms with Crippen LogP contribution in [-0.4, -0.2) is 29.0 Å². The Labute approximate surface area is 95.5 Å². The molecule has 0 fully saturated rings. The van der Waals surface area contributed by atoms with Gasteiger partial charge in [0, 0.05) is 29.9 Å². The third-order valence-corrected chi connectivity index (χ3v) is 3.40. The Kier molecular flexibility index (Phi) is 2.73. The van der Waals surface area contributed by atoms with E-state index in [-0.39, 0.29) is 5.54 Å². The van der Waals surface area contributed by atoms with Crippen molar-refractivity contribution in [1.82, 2.24) is 9.88 Å². The van der Waals surface area contributed by atoms with Crippen LogP contribution in [0.3, 0.4) is 0 Å². The molecule has 0 bridgehead atoms. The normalized spacial score (nSPS) is 17.6. The predicted octanol–water partition coefficient (Wildman–Crippen LogP) is 2.34. The summed E-state index contributed by atoms with van der Waals surface area (Å²) in [6.45, 7) is 8.68. The van der Waals surface area contributed by atoms with E-state index in [4.69, 9.17) is 0 Å². The van der Waals surface area contributed by atoms with Gasteiger partial charge in [-0.2, -0.15) is 0 Å². The lowest BCUT2D eigenvalue weighted by molar-refractivity contribution is 0.314. The highest BCUT2D eigenvalue weighted by atomic mass is 32.1. The first kappa shape index (κ1) is 10.9. The van der Waals surface area contributed by atoms with Gasteiger partial charge in [-0.25, -0.2) is 4.98 Å². The SMILES string of the molecule is CN1CCc2nc(NC(C)(C)C)sc2C1. The largest absolute Gasteiger partial charge is 0.357 e. The van der Waals surface area contributed by atoms with Crippen LogP contribution in [-0.2, 0) is 13.0 Å². The molecule has 0 saturated heterocycles. The Bertz CT molecular complexity index is 351. The number of fused-ring (bicyclic) bond motifs is 1. The molecule has 0 aliphatic carbocycles. The van der Waals surface area contributed by atoms with Gasteiger partial charge in [0.25, 0.3) is 0 Å². The molecule has 0 atom stereocenters. The molecule has 0 radical (unpaired) electrons. The van der Waals surface area contributed by atoms with Crippen molar-refractivity contribution < 1.29 is 0 Å². The summed E-state index contributed by atoms with van der Waals surface area (Å²) in [6, 6.07) is 0. The summed E-state index contributed by atoms with van der Waals surface area (Å²) in [7, 11) is 2.17. The van der Waals surface area contributed by atoms with Crippen LogP contribution in [0.2, 0.25) is 0 Å². The maximum atomic E-state index is 4.65. The van der Waals surface area contributed by atoms with Crippen molar-refractivity contribution in [3.63, 3.8) is 0 Å². The molecule has 0 unspecified atom stereocenters. The number of anilines is 1. The van der Waals surface area contributed by atoms with E-state index < -0.39 is 0 Å². The zero-order valence-corrected chi connectivity index (χ0v) is 10.7. The standard InChI is InChI=1S/C11H19N3S/c1-11(2,3)13-10-12-8-5-6-14(4)7-9(8)15-10/h5-7H2,1-4H3,(H,12,13). The number of hydrogen-bond donors (Lipinski definition) is 1. The van der Waals surface area contributed by atoms with E-state index in [2.05, 4.69) is 43.0 Å². The topological polar surface area (TPSA) is 28.2 Å². The van der Waals surface area contributed by atoms with Crippen LogP contribution in [0.25, 0.3) is 0 Å². The maximum absolute atomic E-state index is 4.65. The first-order valence-electron chi connectivity index (χ1n) is 5.39. The Hall–Kier alpha value is -0.610. The third kappa shape index (κ3) is 2.69. The van der Waals surface area contributed by atoms with Crippen molar-refractivity contribution >= 4 is 16.5 Å². The lowest BCUT2D eigenvalue weighted by Crippen LogP contribution is -2.26. The van der Waals surface area contributed by atoms with Crippen molar-refractivity contribution in [2.75, 3.05) is 18.9 Å². The van der Waals surface area contributed by atoms with E-state index in [0.717, 1.165) is 24.6 Å². The number of thiazole rings is 1. The van der Waals surface area contributed by atoms with Crippen molar-refractivity contribution in [2.45, 2.75) is 39.3 Å². The third-order valence-electron chi connectivity index (χ3n) is 2.40. The fraction of sp³-hybridized carbons (Fsp3) is 0.727. The van der Waals surface area contributed by atoms with Crippen LogP contribution in [0, 0.1) is 0 Å². The fourth-order valence-electron chi connectivity index (χ4n) is 1.70. The average molecular weight is 225 g/mol. The van der Waals surface area contributed by atoms with E-state index in [1.165, 1.54) is 10.6 Å². The maximum Gasteiger partial charge on any atom is 0.183 e. The summed E-state index contributed by atoms with van der Waals surface area (Å²) in [5.74, 6) is 0. The van der Waals surface area contributed by atoms with Gasteiger partial charge < -0.3 is 10.2 Å². The highest BCUT2D eigenvalue weighted by Crippen LogP contribution is 2.29. The molecule has 1 aliphatic heterocycles. The van der Waals surface area contributed by atoms with E-state index in [1.807, 2.05) is 0 Å². The van der Waals surface area contributed by atoms with E-state index in [9.17, 15) is 0 Å². The number of aromatic nitrogens is 1. The zero-order chi connectivity index (χ0) is 11.1. The summed E-state index contributed by atoms with van der Waals surface area (Å²) in [4.78, 5) is 8.43. The summed E-state index contributed by atoms with van der Waals surface area (Å²) >= 11 is 1.80. The lowest BCUT2D eigenvalue weighted by atomic mass is 10.1. The van der Waals surface area contributed by atoms with Gasteiger partial charge >= 0.3 is 0 Å². The molecule has 3 nitrogen and oxygen atoms in total. The van der Waals surface area contributed by atoms with E-state index in [0.29, 0.717) is 0 Å². The van der Waals surface area contributed by atoms with Gasteiger partial charge in [-0.3, -0.25) is 0 Å². The minimum Gasteiger partial charge on any atom is -0.357 e. The van der Waals surface area contributed by atoms with Crippen LogP contribution in [0.1, 0.15) is 31.3 Å². The molecule has 2 heterocycles. The first-order chi connectivity index (χ1) is 6.94. The Morgan fingerprint density at radius 2 is 2.13 bits per heavy atom. The second-order valence-electron chi connectivity index (χ2n) is 5.25. The molecular formula is C11H19N3S. The van der Waals surface area contributed by atoms with E-state index >= 15 is 0 Å². The van der Waals surface area contributed by atoms with Gasteiger partial charge in [-0.15, -0.1) is 11.3 Å².